The fourth-order valence-corrected chi connectivity index (χ4v) is 1.54. The molecule has 5 nitrogen and oxygen atoms in total. The Balaban J connectivity index is 1.85. The van der Waals surface area contributed by atoms with E-state index in [0.29, 0.717) is 39.6 Å². The molecule has 0 N–H and O–H groups in total. The molecule has 5 heteroatoms. The van der Waals surface area contributed by atoms with Gasteiger partial charge in [-0.1, -0.05) is 0 Å². The van der Waals surface area contributed by atoms with E-state index in [-0.39, 0.29) is 6.10 Å². The molecule has 102 valence electrons. The monoisotopic (exact) mass is 248 g/mol. The molecule has 1 heterocycles. The molecule has 0 aromatic heterocycles. The van der Waals surface area contributed by atoms with E-state index in [2.05, 4.69) is 0 Å². The van der Waals surface area contributed by atoms with Gasteiger partial charge in [-0.3, -0.25) is 0 Å². The van der Waals surface area contributed by atoms with Gasteiger partial charge in [0.2, 0.25) is 0 Å². The van der Waals surface area contributed by atoms with Crippen molar-refractivity contribution in [3.05, 3.63) is 0 Å². The summed E-state index contributed by atoms with van der Waals surface area (Å²) >= 11 is 0. The summed E-state index contributed by atoms with van der Waals surface area (Å²) in [5.74, 6) is -0.470. The number of hydrogen-bond acceptors (Lipinski definition) is 5. The average Bonchev–Trinajstić information content (AvgIpc) is 2.62. The Kier molecular flexibility index (Phi) is 6.99. The Morgan fingerprint density at radius 2 is 1.71 bits per heavy atom. The third kappa shape index (κ3) is 6.95. The zero-order valence-corrected chi connectivity index (χ0v) is 11.1. The standard InChI is InChI=1S/C12H24O5/c1-4-13-5-6-14-7-8-15-9-11-10-16-12(2,3)17-11/h11H,4-10H2,1-3H3. The van der Waals surface area contributed by atoms with E-state index >= 15 is 0 Å². The molecular formula is C12H24O5. The second-order valence-electron chi connectivity index (χ2n) is 4.33. The lowest BCUT2D eigenvalue weighted by molar-refractivity contribution is -0.145. The summed E-state index contributed by atoms with van der Waals surface area (Å²) in [6, 6.07) is 0. The van der Waals surface area contributed by atoms with Crippen LogP contribution in [0.5, 0.6) is 0 Å². The van der Waals surface area contributed by atoms with Crippen molar-refractivity contribution in [1.29, 1.82) is 0 Å². The third-order valence-electron chi connectivity index (χ3n) is 2.32. The van der Waals surface area contributed by atoms with Gasteiger partial charge in [0.1, 0.15) is 6.10 Å². The lowest BCUT2D eigenvalue weighted by atomic mass is 10.4. The summed E-state index contributed by atoms with van der Waals surface area (Å²) in [6.45, 7) is 10.1. The number of ether oxygens (including phenoxy) is 5. The molecule has 1 rings (SSSR count). The molecule has 1 fully saturated rings. The zero-order valence-electron chi connectivity index (χ0n) is 11.1. The molecule has 0 aromatic rings. The molecule has 0 bridgehead atoms. The van der Waals surface area contributed by atoms with Crippen LogP contribution in [0.25, 0.3) is 0 Å². The van der Waals surface area contributed by atoms with Gasteiger partial charge in [0, 0.05) is 6.61 Å². The number of hydrogen-bond donors (Lipinski definition) is 0. The fourth-order valence-electron chi connectivity index (χ4n) is 1.54. The van der Waals surface area contributed by atoms with Crippen molar-refractivity contribution in [3.63, 3.8) is 0 Å². The second kappa shape index (κ2) is 8.00. The largest absolute Gasteiger partial charge is 0.379 e. The van der Waals surface area contributed by atoms with E-state index in [9.17, 15) is 0 Å². The molecule has 17 heavy (non-hydrogen) atoms. The van der Waals surface area contributed by atoms with Gasteiger partial charge < -0.3 is 23.7 Å². The molecule has 0 spiro atoms. The minimum Gasteiger partial charge on any atom is -0.379 e. The summed E-state index contributed by atoms with van der Waals surface area (Å²) in [5.41, 5.74) is 0. The van der Waals surface area contributed by atoms with Crippen LogP contribution < -0.4 is 0 Å². The first-order chi connectivity index (χ1) is 8.14. The summed E-state index contributed by atoms with van der Waals surface area (Å²) < 4.78 is 26.9. The molecule has 1 aliphatic rings. The van der Waals surface area contributed by atoms with Crippen LogP contribution in [0.2, 0.25) is 0 Å². The zero-order chi connectivity index (χ0) is 12.6. The summed E-state index contributed by atoms with van der Waals surface area (Å²) in [4.78, 5) is 0. The summed E-state index contributed by atoms with van der Waals surface area (Å²) in [5, 5.41) is 0. The van der Waals surface area contributed by atoms with E-state index in [1.54, 1.807) is 0 Å². The first-order valence-electron chi connectivity index (χ1n) is 6.19. The maximum absolute atomic E-state index is 5.60. The summed E-state index contributed by atoms with van der Waals surface area (Å²) in [6.07, 6.45) is 0.0356. The minimum absolute atomic E-state index is 0.0356. The van der Waals surface area contributed by atoms with Crippen molar-refractivity contribution in [3.8, 4) is 0 Å². The normalized spacial score (nSPS) is 23.1. The van der Waals surface area contributed by atoms with Crippen LogP contribution in [0.15, 0.2) is 0 Å². The molecule has 1 atom stereocenters. The maximum atomic E-state index is 5.60. The highest BCUT2D eigenvalue weighted by molar-refractivity contribution is 4.70. The van der Waals surface area contributed by atoms with Gasteiger partial charge in [-0.15, -0.1) is 0 Å². The predicted octanol–water partition coefficient (Wildman–Crippen LogP) is 1.21. The van der Waals surface area contributed by atoms with Gasteiger partial charge in [-0.25, -0.2) is 0 Å². The Morgan fingerprint density at radius 3 is 2.29 bits per heavy atom. The van der Waals surface area contributed by atoms with Gasteiger partial charge in [-0.2, -0.15) is 0 Å². The molecule has 0 radical (unpaired) electrons. The molecular weight excluding hydrogens is 224 g/mol. The highest BCUT2D eigenvalue weighted by atomic mass is 16.7. The van der Waals surface area contributed by atoms with Crippen molar-refractivity contribution in [1.82, 2.24) is 0 Å². The topological polar surface area (TPSA) is 46.2 Å². The fraction of sp³-hybridized carbons (Fsp3) is 1.00. The van der Waals surface area contributed by atoms with Crippen LogP contribution in [0.3, 0.4) is 0 Å². The van der Waals surface area contributed by atoms with Crippen LogP contribution in [-0.4, -0.2) is 58.1 Å². The highest BCUT2D eigenvalue weighted by Crippen LogP contribution is 2.22. The van der Waals surface area contributed by atoms with Crippen LogP contribution in [0.4, 0.5) is 0 Å². The summed E-state index contributed by atoms with van der Waals surface area (Å²) in [7, 11) is 0. The van der Waals surface area contributed by atoms with E-state index < -0.39 is 5.79 Å². The maximum Gasteiger partial charge on any atom is 0.163 e. The third-order valence-corrected chi connectivity index (χ3v) is 2.32. The lowest BCUT2D eigenvalue weighted by Gasteiger charge is -2.17. The SMILES string of the molecule is CCOCCOCCOCC1COC(C)(C)O1. The molecule has 0 aromatic carbocycles. The van der Waals surface area contributed by atoms with E-state index in [1.807, 2.05) is 20.8 Å². The van der Waals surface area contributed by atoms with Crippen molar-refractivity contribution >= 4 is 0 Å². The van der Waals surface area contributed by atoms with Crippen LogP contribution >= 0.6 is 0 Å². The molecule has 0 amide bonds. The van der Waals surface area contributed by atoms with Gasteiger partial charge in [0.25, 0.3) is 0 Å². The second-order valence-corrected chi connectivity index (χ2v) is 4.33. The van der Waals surface area contributed by atoms with Crippen LogP contribution in [-0.2, 0) is 23.7 Å². The Bertz CT molecular complexity index is 195. The van der Waals surface area contributed by atoms with Gasteiger partial charge >= 0.3 is 0 Å². The smallest absolute Gasteiger partial charge is 0.163 e. The van der Waals surface area contributed by atoms with Gasteiger partial charge in [0.05, 0.1) is 39.6 Å². The first-order valence-corrected chi connectivity index (χ1v) is 6.19. The van der Waals surface area contributed by atoms with E-state index in [0.717, 1.165) is 6.61 Å². The molecule has 1 aliphatic heterocycles. The Hall–Kier alpha value is -0.200. The quantitative estimate of drug-likeness (QED) is 0.574. The van der Waals surface area contributed by atoms with Crippen molar-refractivity contribution in [2.45, 2.75) is 32.7 Å². The highest BCUT2D eigenvalue weighted by Gasteiger charge is 2.32. The molecule has 1 unspecified atom stereocenters. The van der Waals surface area contributed by atoms with Gasteiger partial charge in [-0.05, 0) is 20.8 Å². The van der Waals surface area contributed by atoms with Gasteiger partial charge in [0.15, 0.2) is 5.79 Å². The predicted molar refractivity (Wildman–Crippen MR) is 63.0 cm³/mol. The first kappa shape index (κ1) is 14.9. The minimum atomic E-state index is -0.470. The average molecular weight is 248 g/mol. The molecule has 0 aliphatic carbocycles. The van der Waals surface area contributed by atoms with Crippen molar-refractivity contribution in [2.24, 2.45) is 0 Å². The van der Waals surface area contributed by atoms with Crippen molar-refractivity contribution in [2.75, 3.05) is 46.2 Å². The van der Waals surface area contributed by atoms with Crippen LogP contribution in [0.1, 0.15) is 20.8 Å². The van der Waals surface area contributed by atoms with Crippen LogP contribution in [0, 0.1) is 0 Å². The Morgan fingerprint density at radius 1 is 1.06 bits per heavy atom. The number of rotatable bonds is 9. The molecule has 1 saturated heterocycles. The van der Waals surface area contributed by atoms with E-state index in [1.165, 1.54) is 0 Å². The van der Waals surface area contributed by atoms with Crippen molar-refractivity contribution < 1.29 is 23.7 Å². The lowest BCUT2D eigenvalue weighted by Crippen LogP contribution is -2.24. The van der Waals surface area contributed by atoms with E-state index in [4.69, 9.17) is 23.7 Å². The molecule has 0 saturated carbocycles. The Labute approximate surface area is 103 Å².